The summed E-state index contributed by atoms with van der Waals surface area (Å²) in [6, 6.07) is 10.6. The average Bonchev–Trinajstić information content (AvgIpc) is 3.08. The predicted molar refractivity (Wildman–Crippen MR) is 87.6 cm³/mol. The van der Waals surface area contributed by atoms with Gasteiger partial charge in [-0.25, -0.2) is 4.98 Å². The summed E-state index contributed by atoms with van der Waals surface area (Å²) in [7, 11) is 0. The average molecular weight is 298 g/mol. The van der Waals surface area contributed by atoms with E-state index in [1.54, 1.807) is 11.3 Å². The Bertz CT molecular complexity index is 744. The zero-order chi connectivity index (χ0) is 14.8. The van der Waals surface area contributed by atoms with E-state index in [2.05, 4.69) is 57.9 Å². The molecule has 0 aliphatic heterocycles. The number of aryl methyl sites for hydroxylation is 2. The van der Waals surface area contributed by atoms with Gasteiger partial charge in [0.25, 0.3) is 0 Å². The Morgan fingerprint density at radius 3 is 2.76 bits per heavy atom. The third-order valence-corrected chi connectivity index (χ3v) is 4.60. The molecule has 1 atom stereocenters. The van der Waals surface area contributed by atoms with Crippen molar-refractivity contribution in [3.8, 4) is 11.4 Å². The fourth-order valence-electron chi connectivity index (χ4n) is 2.36. The van der Waals surface area contributed by atoms with Crippen molar-refractivity contribution in [1.82, 2.24) is 15.2 Å². The SMILES string of the molecule is Cc1nc(-c2cccc(NC(C)c3sccc3C)c2)n[nH]1. The van der Waals surface area contributed by atoms with Crippen LogP contribution < -0.4 is 5.32 Å². The topological polar surface area (TPSA) is 53.6 Å². The van der Waals surface area contributed by atoms with E-state index in [4.69, 9.17) is 0 Å². The summed E-state index contributed by atoms with van der Waals surface area (Å²) in [6.07, 6.45) is 0. The maximum absolute atomic E-state index is 4.37. The zero-order valence-electron chi connectivity index (χ0n) is 12.3. The number of benzene rings is 1. The summed E-state index contributed by atoms with van der Waals surface area (Å²) < 4.78 is 0. The van der Waals surface area contributed by atoms with Crippen LogP contribution in [0.15, 0.2) is 35.7 Å². The predicted octanol–water partition coefficient (Wildman–Crippen LogP) is 4.32. The first-order valence-corrected chi connectivity index (χ1v) is 7.81. The van der Waals surface area contributed by atoms with Gasteiger partial charge in [0, 0.05) is 16.1 Å². The van der Waals surface area contributed by atoms with Crippen LogP contribution in [0.2, 0.25) is 0 Å². The molecule has 0 bridgehead atoms. The van der Waals surface area contributed by atoms with E-state index in [9.17, 15) is 0 Å². The van der Waals surface area contributed by atoms with Gasteiger partial charge in [-0.3, -0.25) is 5.10 Å². The van der Waals surface area contributed by atoms with Crippen molar-refractivity contribution in [1.29, 1.82) is 0 Å². The van der Waals surface area contributed by atoms with Crippen molar-refractivity contribution in [2.45, 2.75) is 26.8 Å². The molecule has 0 radical (unpaired) electrons. The molecule has 1 unspecified atom stereocenters. The van der Waals surface area contributed by atoms with Crippen LogP contribution in [0.25, 0.3) is 11.4 Å². The number of nitrogens with one attached hydrogen (secondary N) is 2. The molecule has 2 aromatic heterocycles. The van der Waals surface area contributed by atoms with Gasteiger partial charge in [-0.15, -0.1) is 11.3 Å². The van der Waals surface area contributed by atoms with E-state index in [1.165, 1.54) is 10.4 Å². The number of anilines is 1. The first kappa shape index (κ1) is 13.8. The molecule has 2 heterocycles. The molecule has 0 amide bonds. The highest BCUT2D eigenvalue weighted by molar-refractivity contribution is 7.10. The third kappa shape index (κ3) is 2.97. The molecule has 3 aromatic rings. The van der Waals surface area contributed by atoms with E-state index in [-0.39, 0.29) is 6.04 Å². The Morgan fingerprint density at radius 1 is 1.24 bits per heavy atom. The maximum Gasteiger partial charge on any atom is 0.181 e. The van der Waals surface area contributed by atoms with Gasteiger partial charge in [0.1, 0.15) is 5.82 Å². The summed E-state index contributed by atoms with van der Waals surface area (Å²) in [5, 5.41) is 12.8. The summed E-state index contributed by atoms with van der Waals surface area (Å²) in [5.41, 5.74) is 3.43. The van der Waals surface area contributed by atoms with E-state index >= 15 is 0 Å². The first-order chi connectivity index (χ1) is 10.1. The highest BCUT2D eigenvalue weighted by Crippen LogP contribution is 2.28. The molecule has 0 aliphatic carbocycles. The van der Waals surface area contributed by atoms with Crippen LogP contribution in [0, 0.1) is 13.8 Å². The molecule has 2 N–H and O–H groups in total. The molecule has 1 aromatic carbocycles. The Labute approximate surface area is 128 Å². The van der Waals surface area contributed by atoms with Gasteiger partial charge >= 0.3 is 0 Å². The number of rotatable bonds is 4. The van der Waals surface area contributed by atoms with Crippen LogP contribution in [0.4, 0.5) is 5.69 Å². The molecule has 108 valence electrons. The molecule has 4 nitrogen and oxygen atoms in total. The summed E-state index contributed by atoms with van der Waals surface area (Å²) >= 11 is 1.79. The van der Waals surface area contributed by atoms with Crippen molar-refractivity contribution in [2.24, 2.45) is 0 Å². The quantitative estimate of drug-likeness (QED) is 0.754. The van der Waals surface area contributed by atoms with Crippen molar-refractivity contribution < 1.29 is 0 Å². The van der Waals surface area contributed by atoms with Crippen LogP contribution in [0.5, 0.6) is 0 Å². The van der Waals surface area contributed by atoms with E-state index < -0.39 is 0 Å². The number of aromatic nitrogens is 3. The lowest BCUT2D eigenvalue weighted by Crippen LogP contribution is -2.06. The molecule has 0 spiro atoms. The fraction of sp³-hybridized carbons (Fsp3) is 0.250. The van der Waals surface area contributed by atoms with Gasteiger partial charge < -0.3 is 5.32 Å². The molecular formula is C16H18N4S. The minimum Gasteiger partial charge on any atom is -0.378 e. The lowest BCUT2D eigenvalue weighted by Gasteiger charge is -2.15. The standard InChI is InChI=1S/C16H18N4S/c1-10-7-8-21-15(10)11(2)17-14-6-4-5-13(9-14)16-18-12(3)19-20-16/h4-9,11,17H,1-3H3,(H,18,19,20). The monoisotopic (exact) mass is 298 g/mol. The normalized spacial score (nSPS) is 12.3. The second-order valence-corrected chi connectivity index (χ2v) is 6.11. The van der Waals surface area contributed by atoms with Crippen LogP contribution in [0.3, 0.4) is 0 Å². The maximum atomic E-state index is 4.37. The van der Waals surface area contributed by atoms with E-state index in [0.29, 0.717) is 0 Å². The van der Waals surface area contributed by atoms with Gasteiger partial charge in [0.05, 0.1) is 6.04 Å². The highest BCUT2D eigenvalue weighted by Gasteiger charge is 2.10. The second-order valence-electron chi connectivity index (χ2n) is 5.16. The molecule has 0 fully saturated rings. The zero-order valence-corrected chi connectivity index (χ0v) is 13.2. The lowest BCUT2D eigenvalue weighted by atomic mass is 10.1. The molecule has 0 aliphatic rings. The van der Waals surface area contributed by atoms with E-state index in [0.717, 1.165) is 22.9 Å². The summed E-state index contributed by atoms with van der Waals surface area (Å²) in [5.74, 6) is 1.56. The lowest BCUT2D eigenvalue weighted by molar-refractivity contribution is 0.899. The number of aromatic amines is 1. The second kappa shape index (κ2) is 5.69. The molecular weight excluding hydrogens is 280 g/mol. The largest absolute Gasteiger partial charge is 0.378 e. The van der Waals surface area contributed by atoms with Crippen molar-refractivity contribution in [3.63, 3.8) is 0 Å². The summed E-state index contributed by atoms with van der Waals surface area (Å²) in [6.45, 7) is 6.24. The minimum atomic E-state index is 0.286. The molecule has 3 rings (SSSR count). The third-order valence-electron chi connectivity index (χ3n) is 3.40. The van der Waals surface area contributed by atoms with Gasteiger partial charge in [-0.05, 0) is 49.9 Å². The van der Waals surface area contributed by atoms with Crippen molar-refractivity contribution >= 4 is 17.0 Å². The molecule has 0 saturated carbocycles. The summed E-state index contributed by atoms with van der Waals surface area (Å²) in [4.78, 5) is 5.74. The van der Waals surface area contributed by atoms with Crippen LogP contribution >= 0.6 is 11.3 Å². The van der Waals surface area contributed by atoms with Crippen LogP contribution in [0.1, 0.15) is 29.2 Å². The van der Waals surface area contributed by atoms with Crippen molar-refractivity contribution in [2.75, 3.05) is 5.32 Å². The molecule has 5 heteroatoms. The first-order valence-electron chi connectivity index (χ1n) is 6.93. The highest BCUT2D eigenvalue weighted by atomic mass is 32.1. The number of hydrogen-bond acceptors (Lipinski definition) is 4. The van der Waals surface area contributed by atoms with Crippen LogP contribution in [-0.2, 0) is 0 Å². The molecule has 21 heavy (non-hydrogen) atoms. The number of nitrogens with zero attached hydrogens (tertiary/aromatic N) is 2. The molecule has 0 saturated heterocycles. The Morgan fingerprint density at radius 2 is 2.10 bits per heavy atom. The van der Waals surface area contributed by atoms with E-state index in [1.807, 2.05) is 19.1 Å². The van der Waals surface area contributed by atoms with Crippen LogP contribution in [-0.4, -0.2) is 15.2 Å². The van der Waals surface area contributed by atoms with Crippen molar-refractivity contribution in [3.05, 3.63) is 52.0 Å². The van der Waals surface area contributed by atoms with Gasteiger partial charge in [0.2, 0.25) is 0 Å². The Balaban J connectivity index is 1.82. The number of H-pyrrole nitrogens is 1. The number of thiophene rings is 1. The van der Waals surface area contributed by atoms with Gasteiger partial charge in [-0.1, -0.05) is 12.1 Å². The van der Waals surface area contributed by atoms with Gasteiger partial charge in [-0.2, -0.15) is 5.10 Å². The Kier molecular flexibility index (Phi) is 3.75. The van der Waals surface area contributed by atoms with Gasteiger partial charge in [0.15, 0.2) is 5.82 Å². The fourth-order valence-corrected chi connectivity index (χ4v) is 3.30. The minimum absolute atomic E-state index is 0.286. The Hall–Kier alpha value is -2.14. The smallest absolute Gasteiger partial charge is 0.181 e. The number of hydrogen-bond donors (Lipinski definition) is 2.